The quantitative estimate of drug-likeness (QED) is 0.549. The summed E-state index contributed by atoms with van der Waals surface area (Å²) in [5.41, 5.74) is 2.63. The topological polar surface area (TPSA) is 116 Å². The second-order valence-electron chi connectivity index (χ2n) is 5.01. The summed E-state index contributed by atoms with van der Waals surface area (Å²) in [5.74, 6) is -0.580. The van der Waals surface area contributed by atoms with Crippen molar-refractivity contribution in [3.8, 4) is 11.5 Å². The van der Waals surface area contributed by atoms with E-state index in [1.54, 1.807) is 0 Å². The van der Waals surface area contributed by atoms with E-state index in [0.29, 0.717) is 12.0 Å². The van der Waals surface area contributed by atoms with Gasteiger partial charge in [0.25, 0.3) is 0 Å². The van der Waals surface area contributed by atoms with Crippen LogP contribution in [-0.4, -0.2) is 42.3 Å². The van der Waals surface area contributed by atoms with E-state index >= 15 is 0 Å². The number of nitrogens with zero attached hydrogens (tertiary/aromatic N) is 1. The lowest BCUT2D eigenvalue weighted by atomic mass is 10.1. The minimum atomic E-state index is -2.99. The lowest BCUT2D eigenvalue weighted by Gasteiger charge is -2.05. The zero-order valence-electron chi connectivity index (χ0n) is 11.2. The molecule has 3 N–H and O–H groups in total. The van der Waals surface area contributed by atoms with Gasteiger partial charge in [-0.3, -0.25) is 4.79 Å². The van der Waals surface area contributed by atoms with Crippen LogP contribution < -0.4 is 5.43 Å². The highest BCUT2D eigenvalue weighted by atomic mass is 32.2. The normalized spacial score (nSPS) is 20.7. The summed E-state index contributed by atoms with van der Waals surface area (Å²) >= 11 is 0. The summed E-state index contributed by atoms with van der Waals surface area (Å²) in [7, 11) is -2.99. The van der Waals surface area contributed by atoms with Gasteiger partial charge >= 0.3 is 0 Å². The second kappa shape index (κ2) is 6.13. The zero-order valence-corrected chi connectivity index (χ0v) is 12.0. The summed E-state index contributed by atoms with van der Waals surface area (Å²) in [4.78, 5) is 11.6. The number of hydrogen-bond acceptors (Lipinski definition) is 6. The minimum Gasteiger partial charge on any atom is -0.508 e. The third-order valence-electron chi connectivity index (χ3n) is 3.21. The van der Waals surface area contributed by atoms with Crippen LogP contribution in [0, 0.1) is 5.92 Å². The Morgan fingerprint density at radius 2 is 2.19 bits per heavy atom. The van der Waals surface area contributed by atoms with E-state index in [4.69, 9.17) is 5.11 Å². The number of carbonyl (C=O) groups is 1. The SMILES string of the molecule is O=C(C[C@@H]1CCS(=O)(=O)C1)N/N=C/c1ccc(O)cc1O. The summed E-state index contributed by atoms with van der Waals surface area (Å²) in [5, 5.41) is 22.3. The van der Waals surface area contributed by atoms with Gasteiger partial charge in [0.1, 0.15) is 11.5 Å². The molecule has 2 rings (SSSR count). The fourth-order valence-electron chi connectivity index (χ4n) is 2.16. The molecular formula is C13H16N2O5S. The molecule has 1 amide bonds. The Morgan fingerprint density at radius 3 is 2.81 bits per heavy atom. The second-order valence-corrected chi connectivity index (χ2v) is 7.24. The molecule has 1 aromatic carbocycles. The number of rotatable bonds is 4. The van der Waals surface area contributed by atoms with Crippen molar-refractivity contribution in [3.63, 3.8) is 0 Å². The number of hydrogen-bond donors (Lipinski definition) is 3. The fourth-order valence-corrected chi connectivity index (χ4v) is 4.02. The highest BCUT2D eigenvalue weighted by molar-refractivity contribution is 7.91. The molecule has 8 heteroatoms. The van der Waals surface area contributed by atoms with Crippen molar-refractivity contribution >= 4 is 22.0 Å². The number of benzene rings is 1. The number of carbonyl (C=O) groups excluding carboxylic acids is 1. The van der Waals surface area contributed by atoms with E-state index in [0.717, 1.165) is 6.07 Å². The largest absolute Gasteiger partial charge is 0.508 e. The van der Waals surface area contributed by atoms with Crippen LogP contribution in [0.3, 0.4) is 0 Å². The van der Waals surface area contributed by atoms with Crippen LogP contribution in [0.5, 0.6) is 11.5 Å². The molecule has 0 spiro atoms. The van der Waals surface area contributed by atoms with Crippen molar-refractivity contribution in [3.05, 3.63) is 23.8 Å². The molecule has 1 heterocycles. The van der Waals surface area contributed by atoms with Crippen LogP contribution in [0.4, 0.5) is 0 Å². The first-order valence-electron chi connectivity index (χ1n) is 6.40. The number of phenolic OH excluding ortho intramolecular Hbond substituents is 2. The van der Waals surface area contributed by atoms with E-state index in [2.05, 4.69) is 10.5 Å². The highest BCUT2D eigenvalue weighted by Crippen LogP contribution is 2.22. The van der Waals surface area contributed by atoms with E-state index in [1.807, 2.05) is 0 Å². The van der Waals surface area contributed by atoms with E-state index < -0.39 is 9.84 Å². The van der Waals surface area contributed by atoms with Crippen molar-refractivity contribution in [1.82, 2.24) is 5.43 Å². The molecule has 0 aromatic heterocycles. The van der Waals surface area contributed by atoms with Gasteiger partial charge < -0.3 is 10.2 Å². The Morgan fingerprint density at radius 1 is 1.43 bits per heavy atom. The summed E-state index contributed by atoms with van der Waals surface area (Å²) in [6.45, 7) is 0. The van der Waals surface area contributed by atoms with E-state index in [-0.39, 0.29) is 41.3 Å². The Kier molecular flexibility index (Phi) is 4.46. The maximum absolute atomic E-state index is 11.6. The van der Waals surface area contributed by atoms with E-state index in [1.165, 1.54) is 18.3 Å². The average molecular weight is 312 g/mol. The molecule has 7 nitrogen and oxygen atoms in total. The molecular weight excluding hydrogens is 296 g/mol. The van der Waals surface area contributed by atoms with Crippen LogP contribution in [0.1, 0.15) is 18.4 Å². The van der Waals surface area contributed by atoms with Crippen LogP contribution in [-0.2, 0) is 14.6 Å². The van der Waals surface area contributed by atoms with Gasteiger partial charge in [-0.1, -0.05) is 0 Å². The number of aromatic hydroxyl groups is 2. The summed E-state index contributed by atoms with van der Waals surface area (Å²) in [6.07, 6.45) is 1.86. The molecule has 1 fully saturated rings. The van der Waals surface area contributed by atoms with Crippen LogP contribution in [0.25, 0.3) is 0 Å². The van der Waals surface area contributed by atoms with Crippen molar-refractivity contribution in [2.45, 2.75) is 12.8 Å². The van der Waals surface area contributed by atoms with Crippen molar-refractivity contribution in [2.24, 2.45) is 11.0 Å². The molecule has 114 valence electrons. The summed E-state index contributed by atoms with van der Waals surface area (Å²) in [6, 6.07) is 3.99. The molecule has 0 aliphatic carbocycles. The lowest BCUT2D eigenvalue weighted by molar-refractivity contribution is -0.121. The molecule has 0 unspecified atom stereocenters. The molecule has 1 atom stereocenters. The monoisotopic (exact) mass is 312 g/mol. The lowest BCUT2D eigenvalue weighted by Crippen LogP contribution is -2.21. The first kappa shape index (κ1) is 15.3. The number of nitrogens with one attached hydrogen (secondary N) is 1. The van der Waals surface area contributed by atoms with Crippen LogP contribution in [0.2, 0.25) is 0 Å². The predicted octanol–water partition coefficient (Wildman–Crippen LogP) is 0.373. The number of sulfone groups is 1. The minimum absolute atomic E-state index is 0.0445. The standard InChI is InChI=1S/C13H16N2O5S/c16-11-2-1-10(12(17)6-11)7-14-15-13(18)5-9-3-4-21(19,20)8-9/h1-2,6-7,9,16-17H,3-5,8H2,(H,15,18)/b14-7+/t9-/m0/s1. The van der Waals surface area contributed by atoms with Gasteiger partial charge in [0.15, 0.2) is 9.84 Å². The third-order valence-corrected chi connectivity index (χ3v) is 5.04. The highest BCUT2D eigenvalue weighted by Gasteiger charge is 2.29. The smallest absolute Gasteiger partial charge is 0.240 e. The fraction of sp³-hybridized carbons (Fsp3) is 0.385. The third kappa shape index (κ3) is 4.45. The first-order chi connectivity index (χ1) is 9.85. The average Bonchev–Trinajstić information content (AvgIpc) is 2.71. The van der Waals surface area contributed by atoms with Gasteiger partial charge in [-0.2, -0.15) is 5.10 Å². The molecule has 0 radical (unpaired) electrons. The maximum Gasteiger partial charge on any atom is 0.240 e. The molecule has 0 bridgehead atoms. The van der Waals surface area contributed by atoms with E-state index in [9.17, 15) is 18.3 Å². The molecule has 1 aromatic rings. The number of phenols is 2. The van der Waals surface area contributed by atoms with Crippen molar-refractivity contribution in [2.75, 3.05) is 11.5 Å². The maximum atomic E-state index is 11.6. The van der Waals surface area contributed by atoms with Crippen molar-refractivity contribution in [1.29, 1.82) is 0 Å². The Balaban J connectivity index is 1.85. The van der Waals surface area contributed by atoms with Crippen molar-refractivity contribution < 1.29 is 23.4 Å². The number of hydrazone groups is 1. The van der Waals surface area contributed by atoms with Gasteiger partial charge in [0.2, 0.25) is 5.91 Å². The predicted molar refractivity (Wildman–Crippen MR) is 76.9 cm³/mol. The number of amides is 1. The Hall–Kier alpha value is -2.09. The molecule has 1 aliphatic rings. The molecule has 0 saturated carbocycles. The van der Waals surface area contributed by atoms with Gasteiger partial charge in [0, 0.05) is 18.1 Å². The molecule has 1 aliphatic heterocycles. The molecule has 1 saturated heterocycles. The van der Waals surface area contributed by atoms with Crippen LogP contribution >= 0.6 is 0 Å². The zero-order chi connectivity index (χ0) is 15.5. The van der Waals surface area contributed by atoms with Gasteiger partial charge in [-0.05, 0) is 24.5 Å². The van der Waals surface area contributed by atoms with Crippen LogP contribution in [0.15, 0.2) is 23.3 Å². The first-order valence-corrected chi connectivity index (χ1v) is 8.22. The Labute approximate surface area is 122 Å². The Bertz CT molecular complexity index is 669. The molecule has 21 heavy (non-hydrogen) atoms. The summed E-state index contributed by atoms with van der Waals surface area (Å²) < 4.78 is 22.6. The van der Waals surface area contributed by atoms with Gasteiger partial charge in [-0.25, -0.2) is 13.8 Å². The van der Waals surface area contributed by atoms with Gasteiger partial charge in [0.05, 0.1) is 17.7 Å². The van der Waals surface area contributed by atoms with Gasteiger partial charge in [-0.15, -0.1) is 0 Å².